The second-order valence-corrected chi connectivity index (χ2v) is 7.80. The van der Waals surface area contributed by atoms with Gasteiger partial charge in [-0.3, -0.25) is 20.6 Å². The van der Waals surface area contributed by atoms with E-state index in [0.29, 0.717) is 11.7 Å². The molecule has 5 rings (SSSR count). The molecule has 4 aromatic rings. The number of benzene rings is 2. The van der Waals surface area contributed by atoms with Crippen LogP contribution in [0.25, 0.3) is 33.1 Å². The van der Waals surface area contributed by atoms with Crippen molar-refractivity contribution < 1.29 is 9.62 Å². The molecule has 2 aromatic carbocycles. The number of pyridine rings is 1. The minimum atomic E-state index is 0.309. The third-order valence-electron chi connectivity index (χ3n) is 5.79. The Hall–Kier alpha value is -2.93. The number of piperidine rings is 1. The van der Waals surface area contributed by atoms with Gasteiger partial charge < -0.3 is 10.2 Å². The highest BCUT2D eigenvalue weighted by Gasteiger charge is 2.18. The van der Waals surface area contributed by atoms with E-state index < -0.39 is 0 Å². The molecule has 4 N–H and O–H groups in total. The molecule has 148 valence electrons. The number of hydrogen-bond donors (Lipinski definition) is 3. The number of furan rings is 1. The smallest absolute Gasteiger partial charge is 0.137 e. The molecule has 1 fully saturated rings. The van der Waals surface area contributed by atoms with Crippen molar-refractivity contribution in [2.24, 2.45) is 5.73 Å². The Balaban J connectivity index is 1.59. The van der Waals surface area contributed by atoms with E-state index >= 15 is 0 Å². The predicted octanol–water partition coefficient (Wildman–Crippen LogP) is 4.37. The molecular weight excluding hydrogens is 364 g/mol. The lowest BCUT2D eigenvalue weighted by Crippen LogP contribution is -2.39. The maximum Gasteiger partial charge on any atom is 0.137 e. The molecule has 1 saturated heterocycles. The normalized spacial score (nSPS) is 15.9. The number of likely N-dealkylation sites (tertiary alicyclic amines) is 1. The number of fused-ring (bicyclic) bond motifs is 2. The molecule has 6 nitrogen and oxygen atoms in total. The summed E-state index contributed by atoms with van der Waals surface area (Å²) in [6, 6.07) is 14.5. The third kappa shape index (κ3) is 3.46. The van der Waals surface area contributed by atoms with Crippen LogP contribution in [0.5, 0.6) is 0 Å². The molecule has 3 heterocycles. The van der Waals surface area contributed by atoms with Crippen molar-refractivity contribution in [1.82, 2.24) is 9.88 Å². The van der Waals surface area contributed by atoms with Crippen LogP contribution >= 0.6 is 0 Å². The van der Waals surface area contributed by atoms with Gasteiger partial charge in [0.1, 0.15) is 11.3 Å². The maximum absolute atomic E-state index is 9.75. The van der Waals surface area contributed by atoms with Crippen molar-refractivity contribution >= 4 is 27.4 Å². The maximum atomic E-state index is 9.75. The van der Waals surface area contributed by atoms with Crippen LogP contribution in [0.3, 0.4) is 0 Å². The molecule has 0 saturated carbocycles. The molecule has 0 atom stereocenters. The van der Waals surface area contributed by atoms with E-state index in [4.69, 9.17) is 10.2 Å². The van der Waals surface area contributed by atoms with E-state index in [1.54, 1.807) is 6.20 Å². The topological polar surface area (TPSA) is 87.5 Å². The molecular formula is C23H24N4O2. The number of para-hydroxylation sites is 1. The number of rotatable bonds is 4. The van der Waals surface area contributed by atoms with E-state index in [-0.39, 0.29) is 0 Å². The largest absolute Gasteiger partial charge is 0.456 e. The van der Waals surface area contributed by atoms with Crippen LogP contribution in [0.2, 0.25) is 0 Å². The number of nitrogens with one attached hydrogen (secondary N) is 1. The van der Waals surface area contributed by atoms with Crippen LogP contribution in [-0.4, -0.2) is 34.2 Å². The number of nitrogens with two attached hydrogens (primary N) is 1. The molecule has 1 aliphatic heterocycles. The Morgan fingerprint density at radius 3 is 2.72 bits per heavy atom. The van der Waals surface area contributed by atoms with Crippen LogP contribution < -0.4 is 11.2 Å². The first kappa shape index (κ1) is 18.1. The molecule has 6 heteroatoms. The van der Waals surface area contributed by atoms with Crippen molar-refractivity contribution in [2.75, 3.05) is 18.6 Å². The first-order chi connectivity index (χ1) is 14.2. The van der Waals surface area contributed by atoms with Gasteiger partial charge in [-0.05, 0) is 61.1 Å². The van der Waals surface area contributed by atoms with Gasteiger partial charge in [-0.2, -0.15) is 0 Å². The van der Waals surface area contributed by atoms with Gasteiger partial charge >= 0.3 is 0 Å². The fourth-order valence-electron chi connectivity index (χ4n) is 4.19. The molecule has 1 aliphatic rings. The van der Waals surface area contributed by atoms with E-state index in [1.807, 2.05) is 42.6 Å². The average Bonchev–Trinajstić information content (AvgIpc) is 3.18. The summed E-state index contributed by atoms with van der Waals surface area (Å²) in [7, 11) is 0. The lowest BCUT2D eigenvalue weighted by molar-refractivity contribution is 0.206. The van der Waals surface area contributed by atoms with Crippen molar-refractivity contribution in [3.63, 3.8) is 0 Å². The van der Waals surface area contributed by atoms with Gasteiger partial charge in [-0.1, -0.05) is 18.2 Å². The summed E-state index contributed by atoms with van der Waals surface area (Å²) in [4.78, 5) is 6.80. The summed E-state index contributed by atoms with van der Waals surface area (Å²) in [5.41, 5.74) is 11.9. The minimum Gasteiger partial charge on any atom is -0.456 e. The van der Waals surface area contributed by atoms with Crippen LogP contribution in [-0.2, 0) is 6.54 Å². The minimum absolute atomic E-state index is 0.309. The second kappa shape index (κ2) is 7.48. The summed E-state index contributed by atoms with van der Waals surface area (Å²) in [6.45, 7) is 2.81. The summed E-state index contributed by atoms with van der Waals surface area (Å²) in [5, 5.41) is 12.7. The van der Waals surface area contributed by atoms with E-state index in [9.17, 15) is 5.21 Å². The van der Waals surface area contributed by atoms with Gasteiger partial charge in [0.25, 0.3) is 0 Å². The lowest BCUT2D eigenvalue weighted by atomic mass is 10.00. The van der Waals surface area contributed by atoms with Crippen molar-refractivity contribution in [1.29, 1.82) is 0 Å². The van der Waals surface area contributed by atoms with E-state index in [1.165, 1.54) is 0 Å². The SMILES string of the molecule is NC1CCN(Cc2cc(NO)c3cncc(-c4cc5ccccc5o4)c3c2)CC1. The summed E-state index contributed by atoms with van der Waals surface area (Å²) in [6.07, 6.45) is 5.63. The summed E-state index contributed by atoms with van der Waals surface area (Å²) >= 11 is 0. The number of hydrogen-bond acceptors (Lipinski definition) is 6. The Labute approximate surface area is 168 Å². The monoisotopic (exact) mass is 388 g/mol. The highest BCUT2D eigenvalue weighted by molar-refractivity contribution is 6.02. The second-order valence-electron chi connectivity index (χ2n) is 7.80. The Kier molecular flexibility index (Phi) is 4.67. The van der Waals surface area contributed by atoms with Crippen LogP contribution in [0.1, 0.15) is 18.4 Å². The Bertz CT molecular complexity index is 1130. The highest BCUT2D eigenvalue weighted by Crippen LogP contribution is 2.35. The highest BCUT2D eigenvalue weighted by atomic mass is 16.5. The molecule has 29 heavy (non-hydrogen) atoms. The van der Waals surface area contributed by atoms with Crippen molar-refractivity contribution in [2.45, 2.75) is 25.4 Å². The first-order valence-corrected chi connectivity index (χ1v) is 9.99. The molecule has 0 amide bonds. The average molecular weight is 388 g/mol. The number of nitrogens with zero attached hydrogens (tertiary/aromatic N) is 2. The standard InChI is InChI=1S/C23H24N4O2/c24-17-5-7-27(8-6-17)14-15-9-18-19(21(10-15)26-28)12-25-13-20(18)23-11-16-3-1-2-4-22(16)29-23/h1-4,9-13,17,26,28H,5-8,14,24H2. The fraction of sp³-hybridized carbons (Fsp3) is 0.261. The number of anilines is 1. The molecule has 0 radical (unpaired) electrons. The fourth-order valence-corrected chi connectivity index (χ4v) is 4.19. The lowest BCUT2D eigenvalue weighted by Gasteiger charge is -2.30. The zero-order valence-corrected chi connectivity index (χ0v) is 16.1. The van der Waals surface area contributed by atoms with Gasteiger partial charge in [0.05, 0.1) is 5.69 Å². The summed E-state index contributed by atoms with van der Waals surface area (Å²) in [5.74, 6) is 0.772. The third-order valence-corrected chi connectivity index (χ3v) is 5.79. The zero-order valence-electron chi connectivity index (χ0n) is 16.1. The van der Waals surface area contributed by atoms with Crippen LogP contribution in [0.4, 0.5) is 5.69 Å². The molecule has 0 unspecified atom stereocenters. The first-order valence-electron chi connectivity index (χ1n) is 9.99. The number of aromatic nitrogens is 1. The van der Waals surface area contributed by atoms with Gasteiger partial charge in [0.2, 0.25) is 0 Å². The summed E-state index contributed by atoms with van der Waals surface area (Å²) < 4.78 is 6.09. The van der Waals surface area contributed by atoms with E-state index in [0.717, 1.165) is 71.1 Å². The van der Waals surface area contributed by atoms with Crippen LogP contribution in [0.15, 0.2) is 59.3 Å². The van der Waals surface area contributed by atoms with Gasteiger partial charge in [0.15, 0.2) is 0 Å². The zero-order chi connectivity index (χ0) is 19.8. The molecule has 0 bridgehead atoms. The molecule has 2 aromatic heterocycles. The quantitative estimate of drug-likeness (QED) is 0.450. The predicted molar refractivity (Wildman–Crippen MR) is 115 cm³/mol. The van der Waals surface area contributed by atoms with Crippen molar-refractivity contribution in [3.05, 3.63) is 60.4 Å². The van der Waals surface area contributed by atoms with Gasteiger partial charge in [-0.25, -0.2) is 0 Å². The molecule has 0 aliphatic carbocycles. The Morgan fingerprint density at radius 1 is 1.10 bits per heavy atom. The molecule has 0 spiro atoms. The Morgan fingerprint density at radius 2 is 1.93 bits per heavy atom. The van der Waals surface area contributed by atoms with Gasteiger partial charge in [-0.15, -0.1) is 0 Å². The van der Waals surface area contributed by atoms with Crippen molar-refractivity contribution in [3.8, 4) is 11.3 Å². The van der Waals surface area contributed by atoms with Crippen LogP contribution in [0, 0.1) is 0 Å². The van der Waals surface area contributed by atoms with Gasteiger partial charge in [0, 0.05) is 41.3 Å². The van der Waals surface area contributed by atoms with E-state index in [2.05, 4.69) is 21.4 Å².